The Hall–Kier alpha value is -1.72. The second kappa shape index (κ2) is 4.88. The third-order valence-corrected chi connectivity index (χ3v) is 3.21. The van der Waals surface area contributed by atoms with Gasteiger partial charge in [-0.2, -0.15) is 0 Å². The lowest BCUT2D eigenvalue weighted by Gasteiger charge is -2.12. The van der Waals surface area contributed by atoms with Gasteiger partial charge in [-0.05, 0) is 18.6 Å². The van der Waals surface area contributed by atoms with Crippen molar-refractivity contribution >= 4 is 0 Å². The van der Waals surface area contributed by atoms with Crippen molar-refractivity contribution in [3.8, 4) is 5.69 Å². The zero-order valence-corrected chi connectivity index (χ0v) is 9.99. The van der Waals surface area contributed by atoms with E-state index in [1.54, 1.807) is 0 Å². The van der Waals surface area contributed by atoms with Crippen LogP contribution in [0.1, 0.15) is 24.0 Å². The first-order valence-electron chi connectivity index (χ1n) is 6.08. The van der Waals surface area contributed by atoms with Crippen molar-refractivity contribution in [1.82, 2.24) is 14.8 Å². The highest BCUT2D eigenvalue weighted by Crippen LogP contribution is 2.26. The van der Waals surface area contributed by atoms with Crippen LogP contribution in [0.15, 0.2) is 30.3 Å². The summed E-state index contributed by atoms with van der Waals surface area (Å²) in [6, 6.07) is 9.87. The van der Waals surface area contributed by atoms with Gasteiger partial charge >= 0.3 is 0 Å². The lowest BCUT2D eigenvalue weighted by atomic mass is 10.1. The minimum absolute atomic E-state index is 0.116. The minimum Gasteiger partial charge on any atom is -0.388 e. The summed E-state index contributed by atoms with van der Waals surface area (Å²) in [5.41, 5.74) is 0.980. The molecule has 1 saturated heterocycles. The van der Waals surface area contributed by atoms with Gasteiger partial charge < -0.3 is 9.84 Å². The first kappa shape index (κ1) is 11.4. The molecule has 0 radical (unpaired) electrons. The maximum atomic E-state index is 9.38. The van der Waals surface area contributed by atoms with Crippen LogP contribution in [-0.2, 0) is 11.3 Å². The Kier molecular flexibility index (Phi) is 3.08. The predicted molar refractivity (Wildman–Crippen MR) is 65.5 cm³/mol. The van der Waals surface area contributed by atoms with E-state index in [1.807, 2.05) is 34.9 Å². The van der Waals surface area contributed by atoms with Crippen molar-refractivity contribution < 1.29 is 9.84 Å². The van der Waals surface area contributed by atoms with Gasteiger partial charge in [0, 0.05) is 18.2 Å². The number of para-hydroxylation sites is 1. The fourth-order valence-corrected chi connectivity index (χ4v) is 2.29. The highest BCUT2D eigenvalue weighted by Gasteiger charge is 2.25. The summed E-state index contributed by atoms with van der Waals surface area (Å²) < 4.78 is 7.33. The molecule has 1 aromatic heterocycles. The molecule has 5 nitrogen and oxygen atoms in total. The minimum atomic E-state index is -0.116. The summed E-state index contributed by atoms with van der Waals surface area (Å²) in [5.74, 6) is 1.71. The highest BCUT2D eigenvalue weighted by molar-refractivity contribution is 5.34. The van der Waals surface area contributed by atoms with E-state index in [4.69, 9.17) is 4.74 Å². The van der Waals surface area contributed by atoms with Gasteiger partial charge in [0.05, 0.1) is 6.61 Å². The Morgan fingerprint density at radius 1 is 1.28 bits per heavy atom. The number of aromatic nitrogens is 3. The van der Waals surface area contributed by atoms with Gasteiger partial charge in [0.25, 0.3) is 0 Å². The topological polar surface area (TPSA) is 60.2 Å². The van der Waals surface area contributed by atoms with Crippen LogP contribution in [0.4, 0.5) is 0 Å². The van der Waals surface area contributed by atoms with E-state index in [9.17, 15) is 5.11 Å². The first-order chi connectivity index (χ1) is 8.90. The van der Waals surface area contributed by atoms with Crippen LogP contribution >= 0.6 is 0 Å². The van der Waals surface area contributed by atoms with E-state index in [0.29, 0.717) is 12.4 Å². The molecule has 0 amide bonds. The Morgan fingerprint density at radius 2 is 2.11 bits per heavy atom. The van der Waals surface area contributed by atoms with Crippen molar-refractivity contribution in [3.63, 3.8) is 0 Å². The lowest BCUT2D eigenvalue weighted by Crippen LogP contribution is -2.10. The summed E-state index contributed by atoms with van der Waals surface area (Å²) >= 11 is 0. The summed E-state index contributed by atoms with van der Waals surface area (Å²) in [7, 11) is 0. The van der Waals surface area contributed by atoms with Gasteiger partial charge in [-0.15, -0.1) is 10.2 Å². The maximum absolute atomic E-state index is 9.38. The van der Waals surface area contributed by atoms with Gasteiger partial charge in [0.1, 0.15) is 12.4 Å². The number of rotatable bonds is 3. The molecule has 2 heterocycles. The third-order valence-electron chi connectivity index (χ3n) is 3.21. The number of aliphatic hydroxyl groups excluding tert-OH is 1. The van der Waals surface area contributed by atoms with Gasteiger partial charge in [-0.1, -0.05) is 18.2 Å². The second-order valence-corrected chi connectivity index (χ2v) is 4.36. The fourth-order valence-electron chi connectivity index (χ4n) is 2.29. The van der Waals surface area contributed by atoms with Crippen molar-refractivity contribution in [2.75, 3.05) is 13.2 Å². The molecule has 1 aliphatic rings. The zero-order valence-electron chi connectivity index (χ0n) is 9.99. The quantitative estimate of drug-likeness (QED) is 0.884. The molecule has 0 bridgehead atoms. The van der Waals surface area contributed by atoms with Crippen molar-refractivity contribution in [3.05, 3.63) is 42.0 Å². The summed E-state index contributed by atoms with van der Waals surface area (Å²) in [6.45, 7) is 1.33. The number of nitrogens with zero attached hydrogens (tertiary/aromatic N) is 3. The van der Waals surface area contributed by atoms with Gasteiger partial charge in [0.2, 0.25) is 0 Å². The van der Waals surface area contributed by atoms with Crippen LogP contribution in [0.2, 0.25) is 0 Å². The smallest absolute Gasteiger partial charge is 0.163 e. The lowest BCUT2D eigenvalue weighted by molar-refractivity contribution is 0.193. The van der Waals surface area contributed by atoms with Crippen LogP contribution in [0, 0.1) is 0 Å². The SMILES string of the molecule is OCc1nnc(C2CCOC2)n1-c1ccccc1. The predicted octanol–water partition coefficient (Wildman–Crippen LogP) is 1.26. The normalized spacial score (nSPS) is 19.3. The molecule has 3 rings (SSSR count). The summed E-state index contributed by atoms with van der Waals surface area (Å²) in [5, 5.41) is 17.7. The Morgan fingerprint density at radius 3 is 2.78 bits per heavy atom. The molecule has 1 aliphatic heterocycles. The van der Waals surface area contributed by atoms with E-state index in [1.165, 1.54) is 0 Å². The Bertz CT molecular complexity index is 518. The molecular formula is C13H15N3O2. The highest BCUT2D eigenvalue weighted by atomic mass is 16.5. The molecule has 18 heavy (non-hydrogen) atoms. The van der Waals surface area contributed by atoms with Crippen LogP contribution in [0.5, 0.6) is 0 Å². The molecular weight excluding hydrogens is 230 g/mol. The van der Waals surface area contributed by atoms with Gasteiger partial charge in [-0.3, -0.25) is 4.57 Å². The maximum Gasteiger partial charge on any atom is 0.163 e. The van der Waals surface area contributed by atoms with E-state index >= 15 is 0 Å². The molecule has 5 heteroatoms. The standard InChI is InChI=1S/C13H15N3O2/c17-8-12-14-15-13(10-6-7-18-9-10)16(12)11-4-2-1-3-5-11/h1-5,10,17H,6-9H2. The van der Waals surface area contributed by atoms with E-state index in [-0.39, 0.29) is 12.5 Å². The molecule has 0 aliphatic carbocycles. The number of ether oxygens (including phenoxy) is 1. The monoisotopic (exact) mass is 245 g/mol. The molecule has 0 saturated carbocycles. The molecule has 1 fully saturated rings. The second-order valence-electron chi connectivity index (χ2n) is 4.36. The Balaban J connectivity index is 2.07. The van der Waals surface area contributed by atoms with Crippen LogP contribution < -0.4 is 0 Å². The zero-order chi connectivity index (χ0) is 12.4. The fraction of sp³-hybridized carbons (Fsp3) is 0.385. The average Bonchev–Trinajstić information content (AvgIpc) is 3.08. The first-order valence-corrected chi connectivity index (χ1v) is 6.08. The van der Waals surface area contributed by atoms with Crippen LogP contribution in [-0.4, -0.2) is 33.1 Å². The van der Waals surface area contributed by atoms with Gasteiger partial charge in [0.15, 0.2) is 5.82 Å². The van der Waals surface area contributed by atoms with Crippen molar-refractivity contribution in [1.29, 1.82) is 0 Å². The average molecular weight is 245 g/mol. The number of hydrogen-bond acceptors (Lipinski definition) is 4. The molecule has 1 aromatic carbocycles. The largest absolute Gasteiger partial charge is 0.388 e. The molecule has 1 N–H and O–H groups in total. The van der Waals surface area contributed by atoms with E-state index < -0.39 is 0 Å². The van der Waals surface area contributed by atoms with Crippen LogP contribution in [0.3, 0.4) is 0 Å². The molecule has 1 atom stereocenters. The van der Waals surface area contributed by atoms with Gasteiger partial charge in [-0.25, -0.2) is 0 Å². The van der Waals surface area contributed by atoms with Crippen molar-refractivity contribution in [2.45, 2.75) is 18.9 Å². The molecule has 2 aromatic rings. The van der Waals surface area contributed by atoms with Crippen molar-refractivity contribution in [2.24, 2.45) is 0 Å². The van der Waals surface area contributed by atoms with E-state index in [2.05, 4.69) is 10.2 Å². The van der Waals surface area contributed by atoms with Crippen LogP contribution in [0.25, 0.3) is 5.69 Å². The number of benzene rings is 1. The number of aliphatic hydroxyl groups is 1. The number of hydrogen-bond donors (Lipinski definition) is 1. The molecule has 94 valence electrons. The molecule has 1 unspecified atom stereocenters. The van der Waals surface area contributed by atoms with E-state index in [0.717, 1.165) is 24.5 Å². The summed E-state index contributed by atoms with van der Waals surface area (Å²) in [4.78, 5) is 0. The molecule has 0 spiro atoms. The third kappa shape index (κ3) is 1.91. The Labute approximate surface area is 105 Å². The summed E-state index contributed by atoms with van der Waals surface area (Å²) in [6.07, 6.45) is 0.955.